The Morgan fingerprint density at radius 1 is 1.06 bits per heavy atom. The van der Waals surface area contributed by atoms with E-state index in [9.17, 15) is 4.79 Å². The molecule has 1 aromatic carbocycles. The molecule has 0 spiro atoms. The number of likely N-dealkylation sites (tertiary alicyclic amines) is 1. The molecule has 2 saturated heterocycles. The fourth-order valence-corrected chi connectivity index (χ4v) is 5.03. The maximum absolute atomic E-state index is 13.0. The Balaban J connectivity index is 1.26. The SMILES string of the molecule is Cn1c(=O)n(C2COC2)c2c3cc(-c4ccc(OCCCN5CCCC5)nc4)ccc3ncc21. The molecule has 4 aromatic rings. The molecule has 34 heavy (non-hydrogen) atoms. The molecule has 0 unspecified atom stereocenters. The van der Waals surface area contributed by atoms with Crippen molar-refractivity contribution in [3.8, 4) is 17.0 Å². The van der Waals surface area contributed by atoms with Crippen LogP contribution in [0.3, 0.4) is 0 Å². The van der Waals surface area contributed by atoms with Gasteiger partial charge in [0.15, 0.2) is 0 Å². The highest BCUT2D eigenvalue weighted by Crippen LogP contribution is 2.31. The number of ether oxygens (including phenoxy) is 2. The summed E-state index contributed by atoms with van der Waals surface area (Å²) in [5.41, 5.74) is 4.61. The molecule has 0 aliphatic carbocycles. The van der Waals surface area contributed by atoms with Crippen LogP contribution in [0.5, 0.6) is 5.88 Å². The Morgan fingerprint density at radius 2 is 1.88 bits per heavy atom. The van der Waals surface area contributed by atoms with Gasteiger partial charge in [0.25, 0.3) is 0 Å². The number of benzene rings is 1. The van der Waals surface area contributed by atoms with Crippen molar-refractivity contribution < 1.29 is 9.47 Å². The summed E-state index contributed by atoms with van der Waals surface area (Å²) in [7, 11) is 1.80. The Morgan fingerprint density at radius 3 is 2.62 bits per heavy atom. The van der Waals surface area contributed by atoms with Crippen LogP contribution in [0.15, 0.2) is 47.5 Å². The summed E-state index contributed by atoms with van der Waals surface area (Å²) in [6, 6.07) is 10.2. The van der Waals surface area contributed by atoms with Crippen molar-refractivity contribution in [2.45, 2.75) is 25.3 Å². The zero-order valence-electron chi connectivity index (χ0n) is 19.4. The lowest BCUT2D eigenvalue weighted by atomic mass is 10.0. The van der Waals surface area contributed by atoms with Gasteiger partial charge < -0.3 is 14.4 Å². The highest BCUT2D eigenvalue weighted by atomic mass is 16.5. The van der Waals surface area contributed by atoms with Gasteiger partial charge in [0.2, 0.25) is 5.88 Å². The van der Waals surface area contributed by atoms with E-state index in [1.807, 2.05) is 35.0 Å². The average Bonchev–Trinajstić information content (AvgIpc) is 3.44. The summed E-state index contributed by atoms with van der Waals surface area (Å²) >= 11 is 0. The Hall–Kier alpha value is -3.23. The molecule has 2 aliphatic rings. The molecule has 0 bridgehead atoms. The third kappa shape index (κ3) is 3.76. The summed E-state index contributed by atoms with van der Waals surface area (Å²) in [5.74, 6) is 0.650. The van der Waals surface area contributed by atoms with E-state index in [-0.39, 0.29) is 11.7 Å². The zero-order valence-corrected chi connectivity index (χ0v) is 19.4. The van der Waals surface area contributed by atoms with Crippen LogP contribution in [0, 0.1) is 0 Å². The molecule has 0 atom stereocenters. The number of rotatable bonds is 7. The minimum absolute atomic E-state index is 0.0316. The van der Waals surface area contributed by atoms with E-state index in [1.54, 1.807) is 17.8 Å². The van der Waals surface area contributed by atoms with E-state index in [2.05, 4.69) is 20.9 Å². The number of hydrogen-bond acceptors (Lipinski definition) is 6. The predicted molar refractivity (Wildman–Crippen MR) is 131 cm³/mol. The first kappa shape index (κ1) is 21.3. The molecule has 0 N–H and O–H groups in total. The van der Waals surface area contributed by atoms with Crippen LogP contribution in [0.4, 0.5) is 0 Å². The van der Waals surface area contributed by atoms with Gasteiger partial charge in [-0.3, -0.25) is 14.1 Å². The number of hydrogen-bond donors (Lipinski definition) is 0. The van der Waals surface area contributed by atoms with Crippen molar-refractivity contribution in [2.75, 3.05) is 39.5 Å². The lowest BCUT2D eigenvalue weighted by Gasteiger charge is -2.27. The first-order valence-corrected chi connectivity index (χ1v) is 12.1. The fourth-order valence-electron chi connectivity index (χ4n) is 5.03. The largest absolute Gasteiger partial charge is 0.478 e. The molecule has 3 aromatic heterocycles. The lowest BCUT2D eigenvalue weighted by Crippen LogP contribution is -2.37. The van der Waals surface area contributed by atoms with Crippen LogP contribution in [-0.2, 0) is 11.8 Å². The van der Waals surface area contributed by atoms with Crippen LogP contribution >= 0.6 is 0 Å². The van der Waals surface area contributed by atoms with Gasteiger partial charge in [0.05, 0.1) is 48.6 Å². The molecule has 0 saturated carbocycles. The molecule has 176 valence electrons. The Labute approximate surface area is 197 Å². The summed E-state index contributed by atoms with van der Waals surface area (Å²) in [5, 5.41) is 0.960. The molecule has 2 aliphatic heterocycles. The number of aryl methyl sites for hydroxylation is 1. The molecule has 8 heteroatoms. The van der Waals surface area contributed by atoms with Crippen LogP contribution in [0.2, 0.25) is 0 Å². The monoisotopic (exact) mass is 459 g/mol. The third-order valence-electron chi connectivity index (χ3n) is 7.04. The van der Waals surface area contributed by atoms with Gasteiger partial charge in [-0.2, -0.15) is 0 Å². The highest BCUT2D eigenvalue weighted by molar-refractivity contribution is 6.04. The van der Waals surface area contributed by atoms with Crippen LogP contribution in [0.1, 0.15) is 25.3 Å². The quantitative estimate of drug-likeness (QED) is 0.395. The normalized spacial score (nSPS) is 17.0. The van der Waals surface area contributed by atoms with Crippen molar-refractivity contribution >= 4 is 21.9 Å². The maximum atomic E-state index is 13.0. The lowest BCUT2D eigenvalue weighted by molar-refractivity contribution is -0.0230. The van der Waals surface area contributed by atoms with Gasteiger partial charge >= 0.3 is 5.69 Å². The first-order valence-electron chi connectivity index (χ1n) is 12.1. The van der Waals surface area contributed by atoms with Crippen LogP contribution in [0.25, 0.3) is 33.1 Å². The highest BCUT2D eigenvalue weighted by Gasteiger charge is 2.27. The molecular formula is C26H29N5O3. The molecule has 5 heterocycles. The van der Waals surface area contributed by atoms with Crippen molar-refractivity contribution in [1.29, 1.82) is 0 Å². The minimum atomic E-state index is -0.0316. The molecule has 2 fully saturated rings. The molecular weight excluding hydrogens is 430 g/mol. The summed E-state index contributed by atoms with van der Waals surface area (Å²) < 4.78 is 14.8. The van der Waals surface area contributed by atoms with Crippen molar-refractivity contribution in [3.05, 3.63) is 53.2 Å². The summed E-state index contributed by atoms with van der Waals surface area (Å²) in [6.07, 6.45) is 7.28. The van der Waals surface area contributed by atoms with Gasteiger partial charge in [-0.25, -0.2) is 9.78 Å². The van der Waals surface area contributed by atoms with Gasteiger partial charge in [0, 0.05) is 36.8 Å². The molecule has 8 nitrogen and oxygen atoms in total. The zero-order chi connectivity index (χ0) is 23.1. The summed E-state index contributed by atoms with van der Waals surface area (Å²) in [4.78, 5) is 24.6. The van der Waals surface area contributed by atoms with Gasteiger partial charge in [-0.05, 0) is 56.1 Å². The number of imidazole rings is 1. The second-order valence-electron chi connectivity index (χ2n) is 9.26. The van der Waals surface area contributed by atoms with Gasteiger partial charge in [0.1, 0.15) is 0 Å². The Kier molecular flexibility index (Phi) is 5.55. The second-order valence-corrected chi connectivity index (χ2v) is 9.26. The van der Waals surface area contributed by atoms with Crippen molar-refractivity contribution in [1.82, 2.24) is 24.0 Å². The average molecular weight is 460 g/mol. The maximum Gasteiger partial charge on any atom is 0.329 e. The molecule has 0 amide bonds. The molecule has 6 rings (SSSR count). The fraction of sp³-hybridized carbons (Fsp3) is 0.423. The number of aromatic nitrogens is 4. The van der Waals surface area contributed by atoms with Gasteiger partial charge in [-0.1, -0.05) is 6.07 Å². The van der Waals surface area contributed by atoms with E-state index in [0.717, 1.165) is 46.0 Å². The van der Waals surface area contributed by atoms with E-state index >= 15 is 0 Å². The van der Waals surface area contributed by atoms with Crippen molar-refractivity contribution in [2.24, 2.45) is 7.05 Å². The Bertz CT molecular complexity index is 1380. The topological polar surface area (TPSA) is 74.4 Å². The van der Waals surface area contributed by atoms with E-state index in [1.165, 1.54) is 25.9 Å². The second kappa shape index (κ2) is 8.85. The minimum Gasteiger partial charge on any atom is -0.478 e. The first-order chi connectivity index (χ1) is 16.7. The number of fused-ring (bicyclic) bond motifs is 3. The van der Waals surface area contributed by atoms with E-state index in [4.69, 9.17) is 9.47 Å². The smallest absolute Gasteiger partial charge is 0.329 e. The predicted octanol–water partition coefficient (Wildman–Crippen LogP) is 3.39. The van der Waals surface area contributed by atoms with Gasteiger partial charge in [-0.15, -0.1) is 0 Å². The van der Waals surface area contributed by atoms with Crippen LogP contribution in [-0.4, -0.2) is 63.5 Å². The van der Waals surface area contributed by atoms with E-state index in [0.29, 0.717) is 25.7 Å². The number of pyridine rings is 2. The summed E-state index contributed by atoms with van der Waals surface area (Å²) in [6.45, 7) is 5.33. The standard InChI is InChI=1S/C26H29N5O3/c1-29-23-15-27-22-7-5-18(13-21(22)25(23)31(26(29)32)20-16-33-17-20)19-6-8-24(28-14-19)34-12-4-11-30-9-2-3-10-30/h5-8,13-15,20H,2-4,9-12,16-17H2,1H3. The number of nitrogens with zero attached hydrogens (tertiary/aromatic N) is 5. The van der Waals surface area contributed by atoms with Crippen molar-refractivity contribution in [3.63, 3.8) is 0 Å². The third-order valence-corrected chi connectivity index (χ3v) is 7.04. The van der Waals surface area contributed by atoms with Crippen LogP contribution < -0.4 is 10.4 Å². The van der Waals surface area contributed by atoms with E-state index < -0.39 is 0 Å². The molecule has 0 radical (unpaired) electrons.